The highest BCUT2D eigenvalue weighted by molar-refractivity contribution is 6.74. The summed E-state index contributed by atoms with van der Waals surface area (Å²) in [7, 11) is -1.90. The van der Waals surface area contributed by atoms with Gasteiger partial charge in [-0.1, -0.05) is 26.8 Å². The first kappa shape index (κ1) is 20.7. The van der Waals surface area contributed by atoms with Crippen molar-refractivity contribution in [1.29, 1.82) is 0 Å². The summed E-state index contributed by atoms with van der Waals surface area (Å²) in [6, 6.07) is 16.8. The third kappa shape index (κ3) is 5.48. The van der Waals surface area contributed by atoms with E-state index in [9.17, 15) is 0 Å². The van der Waals surface area contributed by atoms with E-state index in [1.165, 1.54) is 6.33 Å². The van der Waals surface area contributed by atoms with Crippen LogP contribution in [0.2, 0.25) is 18.1 Å². The van der Waals surface area contributed by atoms with Crippen LogP contribution >= 0.6 is 0 Å². The van der Waals surface area contributed by atoms with E-state index >= 15 is 0 Å². The van der Waals surface area contributed by atoms with Crippen molar-refractivity contribution in [2.45, 2.75) is 38.9 Å². The summed E-state index contributed by atoms with van der Waals surface area (Å²) < 4.78 is 12.2. The second-order valence-electron chi connectivity index (χ2n) is 8.43. The molecule has 7 heteroatoms. The monoisotopic (exact) mass is 408 g/mol. The number of hydrogen-bond acceptors (Lipinski definition) is 6. The van der Waals surface area contributed by atoms with Crippen LogP contribution < -0.4 is 20.2 Å². The van der Waals surface area contributed by atoms with E-state index in [1.54, 1.807) is 30.3 Å². The number of rotatable bonds is 6. The van der Waals surface area contributed by atoms with Gasteiger partial charge in [-0.15, -0.1) is 0 Å². The largest absolute Gasteiger partial charge is 0.543 e. The molecule has 0 saturated heterocycles. The Hall–Kier alpha value is -3.06. The number of anilines is 3. The van der Waals surface area contributed by atoms with Crippen LogP contribution in [-0.4, -0.2) is 18.3 Å². The lowest BCUT2D eigenvalue weighted by Crippen LogP contribution is -2.43. The molecule has 1 heterocycles. The first-order valence-electron chi connectivity index (χ1n) is 9.54. The van der Waals surface area contributed by atoms with Crippen molar-refractivity contribution in [3.8, 4) is 17.4 Å². The van der Waals surface area contributed by atoms with E-state index < -0.39 is 8.32 Å². The summed E-state index contributed by atoms with van der Waals surface area (Å²) in [6.45, 7) is 11.1. The van der Waals surface area contributed by atoms with E-state index in [4.69, 9.17) is 14.9 Å². The number of ether oxygens (including phenoxy) is 1. The first-order valence-corrected chi connectivity index (χ1v) is 12.4. The van der Waals surface area contributed by atoms with E-state index in [2.05, 4.69) is 49.1 Å². The third-order valence-electron chi connectivity index (χ3n) is 5.03. The van der Waals surface area contributed by atoms with E-state index in [-0.39, 0.29) is 5.04 Å². The van der Waals surface area contributed by atoms with Crippen molar-refractivity contribution in [3.05, 3.63) is 60.9 Å². The predicted molar refractivity (Wildman–Crippen MR) is 121 cm³/mol. The molecule has 0 atom stereocenters. The molecular formula is C22H28N4O2Si. The summed E-state index contributed by atoms with van der Waals surface area (Å²) in [5, 5.41) is 3.42. The lowest BCUT2D eigenvalue weighted by molar-refractivity contribution is 0.462. The molecule has 0 bridgehead atoms. The van der Waals surface area contributed by atoms with Crippen molar-refractivity contribution in [3.63, 3.8) is 0 Å². The molecule has 0 unspecified atom stereocenters. The molecule has 6 nitrogen and oxygen atoms in total. The lowest BCUT2D eigenvalue weighted by Gasteiger charge is -2.36. The van der Waals surface area contributed by atoms with Crippen LogP contribution in [0.5, 0.6) is 17.4 Å². The van der Waals surface area contributed by atoms with Gasteiger partial charge in [0.25, 0.3) is 0 Å². The summed E-state index contributed by atoms with van der Waals surface area (Å²) in [5.74, 6) is 2.60. The number of nitrogens with two attached hydrogens (primary N) is 1. The van der Waals surface area contributed by atoms with Crippen molar-refractivity contribution in [2.75, 3.05) is 11.1 Å². The van der Waals surface area contributed by atoms with Gasteiger partial charge in [-0.05, 0) is 54.5 Å². The fourth-order valence-corrected chi connectivity index (χ4v) is 3.38. The first-order chi connectivity index (χ1) is 13.6. The summed E-state index contributed by atoms with van der Waals surface area (Å²) in [5.41, 5.74) is 7.28. The van der Waals surface area contributed by atoms with Gasteiger partial charge in [-0.3, -0.25) is 0 Å². The fourth-order valence-electron chi connectivity index (χ4n) is 2.35. The van der Waals surface area contributed by atoms with Gasteiger partial charge in [0.1, 0.15) is 23.6 Å². The Kier molecular flexibility index (Phi) is 5.79. The summed E-state index contributed by atoms with van der Waals surface area (Å²) in [6.07, 6.45) is 1.46. The molecule has 0 radical (unpaired) electrons. The minimum absolute atomic E-state index is 0.136. The fraction of sp³-hybridized carbons (Fsp3) is 0.273. The predicted octanol–water partition coefficient (Wildman–Crippen LogP) is 5.98. The van der Waals surface area contributed by atoms with Gasteiger partial charge >= 0.3 is 0 Å². The van der Waals surface area contributed by atoms with Crippen LogP contribution in [0, 0.1) is 0 Å². The Bertz CT molecular complexity index is 969. The maximum Gasteiger partial charge on any atom is 0.250 e. The van der Waals surface area contributed by atoms with Crippen molar-refractivity contribution >= 4 is 25.5 Å². The highest BCUT2D eigenvalue weighted by atomic mass is 28.4. The molecule has 0 aliphatic heterocycles. The molecule has 3 aromatic rings. The van der Waals surface area contributed by atoms with Gasteiger partial charge in [-0.2, -0.15) is 0 Å². The molecule has 0 spiro atoms. The Balaban J connectivity index is 1.73. The number of aromatic nitrogens is 2. The number of nitrogen functional groups attached to an aromatic ring is 1. The van der Waals surface area contributed by atoms with E-state index in [0.717, 1.165) is 11.4 Å². The van der Waals surface area contributed by atoms with Gasteiger partial charge in [-0.25, -0.2) is 9.97 Å². The lowest BCUT2D eigenvalue weighted by atomic mass is 10.2. The normalized spacial score (nSPS) is 11.8. The van der Waals surface area contributed by atoms with Gasteiger partial charge < -0.3 is 20.2 Å². The second kappa shape index (κ2) is 8.12. The maximum absolute atomic E-state index is 6.39. The van der Waals surface area contributed by atoms with Crippen molar-refractivity contribution in [2.24, 2.45) is 0 Å². The SMILES string of the molecule is CC(C)(C)[Si](C)(C)Oc1cccc(Nc2cc(Oc3ccc(N)cc3)ncn2)c1. The van der Waals surface area contributed by atoms with Crippen LogP contribution in [0.25, 0.3) is 0 Å². The smallest absolute Gasteiger partial charge is 0.250 e. The zero-order valence-electron chi connectivity index (χ0n) is 17.6. The highest BCUT2D eigenvalue weighted by Gasteiger charge is 2.38. The molecular weight excluding hydrogens is 380 g/mol. The molecule has 0 amide bonds. The quantitative estimate of drug-likeness (QED) is 0.386. The van der Waals surface area contributed by atoms with E-state index in [0.29, 0.717) is 23.1 Å². The molecule has 3 rings (SSSR count). The standard InChI is InChI=1S/C22H28N4O2Si/c1-22(2,3)29(4,5)28-19-8-6-7-17(13-19)26-20-14-21(25-15-24-20)27-18-11-9-16(23)10-12-18/h6-15H,23H2,1-5H3,(H,24,25,26). The molecule has 1 aromatic heterocycles. The van der Waals surface area contributed by atoms with Crippen molar-refractivity contribution in [1.82, 2.24) is 9.97 Å². The zero-order valence-corrected chi connectivity index (χ0v) is 18.6. The van der Waals surface area contributed by atoms with Gasteiger partial charge in [0.15, 0.2) is 0 Å². The number of nitrogens with zero attached hydrogens (tertiary/aromatic N) is 2. The van der Waals surface area contributed by atoms with Gasteiger partial charge in [0.2, 0.25) is 14.2 Å². The Morgan fingerprint density at radius 1 is 0.931 bits per heavy atom. The van der Waals surface area contributed by atoms with E-state index in [1.807, 2.05) is 24.3 Å². The topological polar surface area (TPSA) is 82.3 Å². The van der Waals surface area contributed by atoms with Crippen LogP contribution in [0.15, 0.2) is 60.9 Å². The van der Waals surface area contributed by atoms with Crippen LogP contribution in [-0.2, 0) is 0 Å². The van der Waals surface area contributed by atoms with Crippen LogP contribution in [0.3, 0.4) is 0 Å². The molecule has 0 aliphatic rings. The minimum Gasteiger partial charge on any atom is -0.543 e. The molecule has 0 aliphatic carbocycles. The number of benzene rings is 2. The molecule has 152 valence electrons. The molecule has 3 N–H and O–H groups in total. The van der Waals surface area contributed by atoms with Crippen LogP contribution in [0.1, 0.15) is 20.8 Å². The molecule has 0 fully saturated rings. The molecule has 2 aromatic carbocycles. The Morgan fingerprint density at radius 2 is 1.66 bits per heavy atom. The van der Waals surface area contributed by atoms with Gasteiger partial charge in [0, 0.05) is 23.5 Å². The summed E-state index contributed by atoms with van der Waals surface area (Å²) in [4.78, 5) is 8.45. The Morgan fingerprint density at radius 3 is 2.34 bits per heavy atom. The average Bonchev–Trinajstić information content (AvgIpc) is 2.63. The molecule has 0 saturated carbocycles. The Labute approximate surface area is 173 Å². The average molecular weight is 409 g/mol. The van der Waals surface area contributed by atoms with Gasteiger partial charge in [0.05, 0.1) is 0 Å². The zero-order chi connectivity index (χ0) is 21.1. The third-order valence-corrected chi connectivity index (χ3v) is 9.39. The van der Waals surface area contributed by atoms with Crippen LogP contribution in [0.4, 0.5) is 17.2 Å². The van der Waals surface area contributed by atoms with Crippen molar-refractivity contribution < 1.29 is 9.16 Å². The number of hydrogen-bond donors (Lipinski definition) is 2. The maximum atomic E-state index is 6.39. The highest BCUT2D eigenvalue weighted by Crippen LogP contribution is 2.37. The minimum atomic E-state index is -1.90. The number of nitrogens with one attached hydrogen (secondary N) is 1. The molecule has 29 heavy (non-hydrogen) atoms. The summed E-state index contributed by atoms with van der Waals surface area (Å²) >= 11 is 0. The second-order valence-corrected chi connectivity index (χ2v) is 13.2.